The number of hydrogen-bond acceptors (Lipinski definition) is 4. The van der Waals surface area contributed by atoms with Crippen molar-refractivity contribution in [3.8, 4) is 0 Å². The van der Waals surface area contributed by atoms with Crippen LogP contribution in [0.4, 0.5) is 0 Å². The first kappa shape index (κ1) is 15.1. The number of Topliss-reactive ketones (excluding diaryl/α,β-unsaturated/α-hetero) is 1. The zero-order valence-corrected chi connectivity index (χ0v) is 14.3. The van der Waals surface area contributed by atoms with Gasteiger partial charge in [0.25, 0.3) is 0 Å². The van der Waals surface area contributed by atoms with Crippen molar-refractivity contribution in [3.63, 3.8) is 0 Å². The van der Waals surface area contributed by atoms with Gasteiger partial charge in [-0.15, -0.1) is 0 Å². The Morgan fingerprint density at radius 3 is 2.60 bits per heavy atom. The monoisotopic (exact) mass is 338 g/mol. The van der Waals surface area contributed by atoms with Crippen molar-refractivity contribution in [2.24, 2.45) is 5.92 Å². The lowest BCUT2D eigenvalue weighted by atomic mass is 9.69. The first-order valence-electron chi connectivity index (χ1n) is 9.20. The third-order valence-corrected chi connectivity index (χ3v) is 6.37. The summed E-state index contributed by atoms with van der Waals surface area (Å²) in [5.74, 6) is 0.383. The van der Waals surface area contributed by atoms with Gasteiger partial charge in [0.15, 0.2) is 5.78 Å². The molecule has 0 spiro atoms. The number of hydrogen-bond donors (Lipinski definition) is 1. The second-order valence-corrected chi connectivity index (χ2v) is 7.75. The quantitative estimate of drug-likeness (QED) is 0.855. The minimum atomic E-state index is -0.244. The van der Waals surface area contributed by atoms with Gasteiger partial charge in [-0.2, -0.15) is 0 Å². The summed E-state index contributed by atoms with van der Waals surface area (Å²) in [5.41, 5.74) is 1.56. The Bertz CT molecular complexity index is 837. The molecule has 1 aromatic heterocycles. The van der Waals surface area contributed by atoms with Crippen LogP contribution in [0.2, 0.25) is 0 Å². The van der Waals surface area contributed by atoms with E-state index in [2.05, 4.69) is 9.88 Å². The van der Waals surface area contributed by atoms with Gasteiger partial charge in [-0.3, -0.25) is 9.69 Å². The van der Waals surface area contributed by atoms with Crippen LogP contribution in [0.1, 0.15) is 43.0 Å². The van der Waals surface area contributed by atoms with Crippen LogP contribution in [0.5, 0.6) is 0 Å². The van der Waals surface area contributed by atoms with Crippen LogP contribution in [0.3, 0.4) is 0 Å². The molecule has 4 saturated heterocycles. The van der Waals surface area contributed by atoms with Crippen LogP contribution in [0.15, 0.2) is 30.5 Å². The predicted octanol–water partition coefficient (Wildman–Crippen LogP) is 2.91. The van der Waals surface area contributed by atoms with E-state index < -0.39 is 0 Å². The molecule has 0 saturated carbocycles. The second kappa shape index (κ2) is 5.43. The molecule has 4 fully saturated rings. The van der Waals surface area contributed by atoms with Crippen molar-refractivity contribution in [1.29, 1.82) is 0 Å². The molecule has 1 aromatic carbocycles. The van der Waals surface area contributed by atoms with E-state index in [0.29, 0.717) is 23.4 Å². The maximum Gasteiger partial charge on any atom is 0.340 e. The van der Waals surface area contributed by atoms with Gasteiger partial charge in [-0.1, -0.05) is 18.2 Å². The molecule has 3 atom stereocenters. The molecular weight excluding hydrogens is 316 g/mol. The molecule has 4 aliphatic rings. The van der Waals surface area contributed by atoms with E-state index in [0.717, 1.165) is 36.6 Å². The zero-order valence-electron chi connectivity index (χ0n) is 14.3. The minimum Gasteiger partial charge on any atom is -0.459 e. The van der Waals surface area contributed by atoms with Crippen molar-refractivity contribution in [1.82, 2.24) is 9.88 Å². The lowest BCUT2D eigenvalue weighted by Crippen LogP contribution is -2.66. The van der Waals surface area contributed by atoms with Crippen LogP contribution in [-0.2, 0) is 9.53 Å². The Morgan fingerprint density at radius 2 is 1.88 bits per heavy atom. The molecule has 5 heterocycles. The maximum absolute atomic E-state index is 12.7. The standard InChI is InChI=1S/C20H22N2O3/c1-11-19(23)12-6-13-8-15(9-14(7-12)22(11)13)25-20(24)17-10-21-18-5-3-2-4-16(17)18/h2-5,10-15,21H,6-9H2,1H3. The Labute approximate surface area is 146 Å². The molecule has 3 unspecified atom stereocenters. The highest BCUT2D eigenvalue weighted by atomic mass is 16.5. The maximum atomic E-state index is 12.7. The van der Waals surface area contributed by atoms with Crippen LogP contribution in [-0.4, -0.2) is 45.9 Å². The van der Waals surface area contributed by atoms with Crippen molar-refractivity contribution in [3.05, 3.63) is 36.0 Å². The number of carbonyl (C=O) groups is 2. The summed E-state index contributed by atoms with van der Waals surface area (Å²) in [6.07, 6.45) is 5.25. The SMILES string of the molecule is CC1C(=O)C2CC3CC(OC(=O)c4c[nH]c5ccccc45)CC(C2)N31. The van der Waals surface area contributed by atoms with Gasteiger partial charge >= 0.3 is 5.97 Å². The van der Waals surface area contributed by atoms with Gasteiger partial charge in [-0.25, -0.2) is 4.79 Å². The number of rotatable bonds is 2. The fraction of sp³-hybridized carbons (Fsp3) is 0.500. The van der Waals surface area contributed by atoms with Crippen molar-refractivity contribution < 1.29 is 14.3 Å². The molecule has 1 N–H and O–H groups in total. The van der Waals surface area contributed by atoms with Crippen LogP contribution < -0.4 is 0 Å². The molecule has 0 radical (unpaired) electrons. The van der Waals surface area contributed by atoms with E-state index in [1.165, 1.54) is 0 Å². The first-order chi connectivity index (χ1) is 12.1. The molecule has 5 heteroatoms. The van der Waals surface area contributed by atoms with Gasteiger partial charge in [0, 0.05) is 47.9 Å². The number of aromatic amines is 1. The number of esters is 1. The Hall–Kier alpha value is -2.14. The summed E-state index contributed by atoms with van der Waals surface area (Å²) in [4.78, 5) is 30.4. The highest BCUT2D eigenvalue weighted by molar-refractivity contribution is 6.04. The van der Waals surface area contributed by atoms with E-state index >= 15 is 0 Å². The lowest BCUT2D eigenvalue weighted by Gasteiger charge is -2.57. The number of ketones is 1. The fourth-order valence-electron chi connectivity index (χ4n) is 5.34. The predicted molar refractivity (Wildman–Crippen MR) is 93.3 cm³/mol. The number of nitrogens with one attached hydrogen (secondary N) is 1. The van der Waals surface area contributed by atoms with Gasteiger partial charge in [0.2, 0.25) is 0 Å². The van der Waals surface area contributed by atoms with E-state index in [1.807, 2.05) is 31.2 Å². The summed E-state index contributed by atoms with van der Waals surface area (Å²) < 4.78 is 5.88. The molecule has 0 amide bonds. The number of piperidine rings is 4. The topological polar surface area (TPSA) is 62.4 Å². The van der Waals surface area contributed by atoms with Crippen LogP contribution >= 0.6 is 0 Å². The number of benzene rings is 1. The second-order valence-electron chi connectivity index (χ2n) is 7.75. The van der Waals surface area contributed by atoms with Gasteiger partial charge < -0.3 is 9.72 Å². The van der Waals surface area contributed by atoms with Crippen LogP contribution in [0, 0.1) is 5.92 Å². The molecule has 6 rings (SSSR count). The molecule has 0 aliphatic carbocycles. The summed E-state index contributed by atoms with van der Waals surface area (Å²) >= 11 is 0. The van der Waals surface area contributed by atoms with Crippen molar-refractivity contribution in [2.75, 3.05) is 0 Å². The summed E-state index contributed by atoms with van der Waals surface area (Å²) in [7, 11) is 0. The lowest BCUT2D eigenvalue weighted by molar-refractivity contribution is -0.155. The molecule has 130 valence electrons. The largest absolute Gasteiger partial charge is 0.459 e. The molecule has 2 aromatic rings. The minimum absolute atomic E-state index is 0.0350. The average Bonchev–Trinajstić information content (AvgIpc) is 3.02. The third-order valence-electron chi connectivity index (χ3n) is 6.37. The molecule has 4 bridgehead atoms. The fourth-order valence-corrected chi connectivity index (χ4v) is 5.34. The van der Waals surface area contributed by atoms with E-state index in [4.69, 9.17) is 4.74 Å². The number of carbonyl (C=O) groups excluding carboxylic acids is 2. The Balaban J connectivity index is 1.33. The zero-order chi connectivity index (χ0) is 17.1. The Kier molecular flexibility index (Phi) is 3.29. The van der Waals surface area contributed by atoms with Crippen molar-refractivity contribution >= 4 is 22.7 Å². The molecule has 25 heavy (non-hydrogen) atoms. The summed E-state index contributed by atoms with van der Waals surface area (Å²) in [6.45, 7) is 2.03. The number of para-hydroxylation sites is 1. The van der Waals surface area contributed by atoms with Crippen LogP contribution in [0.25, 0.3) is 10.9 Å². The van der Waals surface area contributed by atoms with E-state index in [9.17, 15) is 9.59 Å². The highest BCUT2D eigenvalue weighted by Crippen LogP contribution is 2.44. The van der Waals surface area contributed by atoms with Gasteiger partial charge in [-0.05, 0) is 25.8 Å². The van der Waals surface area contributed by atoms with E-state index in [-0.39, 0.29) is 24.0 Å². The summed E-state index contributed by atoms with van der Waals surface area (Å²) in [5, 5.41) is 0.908. The van der Waals surface area contributed by atoms with Gasteiger partial charge in [0.1, 0.15) is 6.10 Å². The number of fused-ring (bicyclic) bond motifs is 2. The normalized spacial score (nSPS) is 36.6. The summed E-state index contributed by atoms with van der Waals surface area (Å²) in [6, 6.07) is 8.57. The molecule has 4 aliphatic heterocycles. The average molecular weight is 338 g/mol. The highest BCUT2D eigenvalue weighted by Gasteiger charge is 2.52. The van der Waals surface area contributed by atoms with Gasteiger partial charge in [0.05, 0.1) is 11.6 Å². The third kappa shape index (κ3) is 2.25. The first-order valence-corrected chi connectivity index (χ1v) is 9.20. The molecule has 5 nitrogen and oxygen atoms in total. The number of aromatic nitrogens is 1. The van der Waals surface area contributed by atoms with E-state index in [1.54, 1.807) is 6.20 Å². The number of H-pyrrole nitrogens is 1. The van der Waals surface area contributed by atoms with Crippen molar-refractivity contribution in [2.45, 2.75) is 56.8 Å². The molecular formula is C20H22N2O3. The smallest absolute Gasteiger partial charge is 0.340 e. The Morgan fingerprint density at radius 1 is 1.16 bits per heavy atom. The number of nitrogens with zero attached hydrogens (tertiary/aromatic N) is 1. The number of ether oxygens (including phenoxy) is 1.